The molecule has 94 valence electrons. The van der Waals surface area contributed by atoms with Crippen molar-refractivity contribution in [2.45, 2.75) is 39.5 Å². The fraction of sp³-hybridized carbons (Fsp3) is 0.615. The van der Waals surface area contributed by atoms with Crippen LogP contribution < -0.4 is 5.73 Å². The summed E-state index contributed by atoms with van der Waals surface area (Å²) >= 11 is 1.55. The molecule has 1 aliphatic carbocycles. The second-order valence-electron chi connectivity index (χ2n) is 4.70. The third kappa shape index (κ3) is 2.06. The van der Waals surface area contributed by atoms with Gasteiger partial charge in [-0.1, -0.05) is 13.8 Å². The van der Waals surface area contributed by atoms with E-state index in [1.54, 1.807) is 11.3 Å². The molecule has 0 saturated carbocycles. The minimum Gasteiger partial charge on any atom is -0.462 e. The molecule has 2 rings (SSSR count). The summed E-state index contributed by atoms with van der Waals surface area (Å²) in [6.07, 6.45) is 2.21. The fourth-order valence-corrected chi connectivity index (χ4v) is 3.66. The Bertz CT molecular complexity index is 439. The van der Waals surface area contributed by atoms with Gasteiger partial charge in [-0.25, -0.2) is 4.79 Å². The number of fused-ring (bicyclic) bond motifs is 1. The van der Waals surface area contributed by atoms with E-state index >= 15 is 0 Å². The smallest absolute Gasteiger partial charge is 0.341 e. The Morgan fingerprint density at radius 3 is 2.88 bits per heavy atom. The highest BCUT2D eigenvalue weighted by Gasteiger charge is 2.32. The van der Waals surface area contributed by atoms with Crippen molar-refractivity contribution in [1.29, 1.82) is 0 Å². The summed E-state index contributed by atoms with van der Waals surface area (Å²) in [5.41, 5.74) is 7.75. The van der Waals surface area contributed by atoms with Crippen LogP contribution in [0.1, 0.15) is 53.9 Å². The molecule has 17 heavy (non-hydrogen) atoms. The molecule has 0 aliphatic heterocycles. The zero-order valence-electron chi connectivity index (χ0n) is 10.6. The number of aryl methyl sites for hydroxylation is 1. The van der Waals surface area contributed by atoms with Crippen LogP contribution in [0.3, 0.4) is 0 Å². The van der Waals surface area contributed by atoms with Gasteiger partial charge in [0.2, 0.25) is 0 Å². The molecule has 0 bridgehead atoms. The summed E-state index contributed by atoms with van der Waals surface area (Å²) in [4.78, 5) is 13.2. The van der Waals surface area contributed by atoms with E-state index in [4.69, 9.17) is 10.5 Å². The topological polar surface area (TPSA) is 52.3 Å². The molecule has 1 aliphatic rings. The Labute approximate surface area is 106 Å². The monoisotopic (exact) mass is 253 g/mol. The summed E-state index contributed by atoms with van der Waals surface area (Å²) in [6, 6.07) is 0. The Morgan fingerprint density at radius 1 is 1.53 bits per heavy atom. The average molecular weight is 253 g/mol. The van der Waals surface area contributed by atoms with Crippen molar-refractivity contribution in [3.8, 4) is 0 Å². The van der Waals surface area contributed by atoms with E-state index in [-0.39, 0.29) is 5.97 Å². The highest BCUT2D eigenvalue weighted by atomic mass is 32.1. The van der Waals surface area contributed by atoms with Crippen molar-refractivity contribution >= 4 is 22.3 Å². The van der Waals surface area contributed by atoms with Crippen LogP contribution in [0, 0.1) is 5.92 Å². The van der Waals surface area contributed by atoms with Crippen molar-refractivity contribution in [1.82, 2.24) is 0 Å². The molecule has 1 heterocycles. The van der Waals surface area contributed by atoms with Crippen LogP contribution in [0.5, 0.6) is 0 Å². The SMILES string of the molecule is CCOC(=O)c1c(N)sc2c1C(C)C(C)CC2. The van der Waals surface area contributed by atoms with Gasteiger partial charge < -0.3 is 10.5 Å². The van der Waals surface area contributed by atoms with Gasteiger partial charge >= 0.3 is 5.97 Å². The maximum atomic E-state index is 12.0. The molecule has 2 unspecified atom stereocenters. The first kappa shape index (κ1) is 12.4. The quantitative estimate of drug-likeness (QED) is 0.823. The van der Waals surface area contributed by atoms with Crippen LogP contribution in [0.4, 0.5) is 5.00 Å². The molecule has 0 amide bonds. The predicted octanol–water partition coefficient (Wildman–Crippen LogP) is 3.19. The fourth-order valence-electron chi connectivity index (χ4n) is 2.49. The Morgan fingerprint density at radius 2 is 2.24 bits per heavy atom. The number of nitrogens with two attached hydrogens (primary N) is 1. The van der Waals surface area contributed by atoms with Gasteiger partial charge in [0, 0.05) is 4.88 Å². The number of thiophene rings is 1. The van der Waals surface area contributed by atoms with Crippen molar-refractivity contribution in [3.63, 3.8) is 0 Å². The van der Waals surface area contributed by atoms with E-state index in [2.05, 4.69) is 13.8 Å². The third-order valence-corrected chi connectivity index (χ3v) is 4.76. The molecule has 4 heteroatoms. The molecule has 2 atom stereocenters. The Balaban J connectivity index is 2.46. The van der Waals surface area contributed by atoms with Crippen LogP contribution in [0.25, 0.3) is 0 Å². The van der Waals surface area contributed by atoms with Gasteiger partial charge in [-0.05, 0) is 37.2 Å². The number of rotatable bonds is 2. The highest BCUT2D eigenvalue weighted by Crippen LogP contribution is 2.44. The summed E-state index contributed by atoms with van der Waals surface area (Å²) < 4.78 is 5.10. The number of carbonyl (C=O) groups excluding carboxylic acids is 1. The summed E-state index contributed by atoms with van der Waals surface area (Å²) in [7, 11) is 0. The lowest BCUT2D eigenvalue weighted by molar-refractivity contribution is 0.0525. The third-order valence-electron chi connectivity index (χ3n) is 3.66. The van der Waals surface area contributed by atoms with Gasteiger partial charge in [0.1, 0.15) is 5.00 Å². The van der Waals surface area contributed by atoms with Gasteiger partial charge in [0.25, 0.3) is 0 Å². The number of carbonyl (C=O) groups is 1. The molecule has 2 N–H and O–H groups in total. The lowest BCUT2D eigenvalue weighted by Gasteiger charge is -2.26. The van der Waals surface area contributed by atoms with Crippen LogP contribution >= 0.6 is 11.3 Å². The predicted molar refractivity (Wildman–Crippen MR) is 70.6 cm³/mol. The van der Waals surface area contributed by atoms with E-state index in [1.165, 1.54) is 11.3 Å². The molecular formula is C13H19NO2S. The van der Waals surface area contributed by atoms with Crippen molar-refractivity contribution < 1.29 is 9.53 Å². The molecule has 1 aromatic heterocycles. The lowest BCUT2D eigenvalue weighted by Crippen LogP contribution is -2.18. The summed E-state index contributed by atoms with van der Waals surface area (Å²) in [6.45, 7) is 6.62. The van der Waals surface area contributed by atoms with Crippen LogP contribution in [-0.4, -0.2) is 12.6 Å². The average Bonchev–Trinajstić information content (AvgIpc) is 2.61. The van der Waals surface area contributed by atoms with Gasteiger partial charge in [-0.2, -0.15) is 0 Å². The van der Waals surface area contributed by atoms with E-state index in [9.17, 15) is 4.79 Å². The largest absolute Gasteiger partial charge is 0.462 e. The molecule has 0 fully saturated rings. The maximum Gasteiger partial charge on any atom is 0.341 e. The van der Waals surface area contributed by atoms with Gasteiger partial charge in [0.15, 0.2) is 0 Å². The molecule has 0 saturated heterocycles. The van der Waals surface area contributed by atoms with E-state index in [1.807, 2.05) is 6.92 Å². The molecule has 0 radical (unpaired) electrons. The minimum absolute atomic E-state index is 0.261. The van der Waals surface area contributed by atoms with E-state index < -0.39 is 0 Å². The second-order valence-corrected chi connectivity index (χ2v) is 5.84. The van der Waals surface area contributed by atoms with Gasteiger partial charge in [-0.15, -0.1) is 11.3 Å². The number of hydrogen-bond acceptors (Lipinski definition) is 4. The second kappa shape index (κ2) is 4.69. The summed E-state index contributed by atoms with van der Waals surface area (Å²) in [5.74, 6) is 0.736. The molecule has 0 aromatic carbocycles. The molecular weight excluding hydrogens is 234 g/mol. The standard InChI is InChI=1S/C13H19NO2S/c1-4-16-13(15)11-10-8(3)7(2)5-6-9(10)17-12(11)14/h7-8H,4-6,14H2,1-3H3. The molecule has 1 aromatic rings. The normalized spacial score (nSPS) is 23.2. The first-order chi connectivity index (χ1) is 8.06. The van der Waals surface area contributed by atoms with Gasteiger partial charge in [0.05, 0.1) is 12.2 Å². The first-order valence-corrected chi connectivity index (χ1v) is 6.96. The van der Waals surface area contributed by atoms with Crippen molar-refractivity contribution in [2.75, 3.05) is 12.3 Å². The van der Waals surface area contributed by atoms with E-state index in [0.717, 1.165) is 12.0 Å². The van der Waals surface area contributed by atoms with Crippen LogP contribution in [-0.2, 0) is 11.2 Å². The number of nitrogen functional groups attached to an aromatic ring is 1. The lowest BCUT2D eigenvalue weighted by atomic mass is 9.79. The zero-order valence-corrected chi connectivity index (χ0v) is 11.4. The van der Waals surface area contributed by atoms with E-state index in [0.29, 0.717) is 29.0 Å². The highest BCUT2D eigenvalue weighted by molar-refractivity contribution is 7.16. The van der Waals surface area contributed by atoms with Crippen molar-refractivity contribution in [2.24, 2.45) is 5.92 Å². The number of anilines is 1. The number of ether oxygens (including phenoxy) is 1. The minimum atomic E-state index is -0.261. The first-order valence-electron chi connectivity index (χ1n) is 6.14. The number of hydrogen-bond donors (Lipinski definition) is 1. The number of esters is 1. The Hall–Kier alpha value is -1.03. The van der Waals surface area contributed by atoms with Crippen molar-refractivity contribution in [3.05, 3.63) is 16.0 Å². The Kier molecular flexibility index (Phi) is 3.43. The maximum absolute atomic E-state index is 12.0. The zero-order chi connectivity index (χ0) is 12.6. The van der Waals surface area contributed by atoms with Gasteiger partial charge in [-0.3, -0.25) is 0 Å². The molecule has 0 spiro atoms. The van der Waals surface area contributed by atoms with Crippen LogP contribution in [0.15, 0.2) is 0 Å². The summed E-state index contributed by atoms with van der Waals surface area (Å²) in [5, 5.41) is 0.620. The molecule has 3 nitrogen and oxygen atoms in total. The van der Waals surface area contributed by atoms with Crippen LogP contribution in [0.2, 0.25) is 0 Å².